The van der Waals surface area contributed by atoms with Crippen LogP contribution < -0.4 is 10.1 Å². The summed E-state index contributed by atoms with van der Waals surface area (Å²) in [5.74, 6) is 0.520. The van der Waals surface area contributed by atoms with Crippen molar-refractivity contribution in [1.29, 1.82) is 0 Å². The van der Waals surface area contributed by atoms with Gasteiger partial charge in [0.1, 0.15) is 5.75 Å². The molecule has 0 saturated carbocycles. The van der Waals surface area contributed by atoms with E-state index in [9.17, 15) is 9.90 Å². The van der Waals surface area contributed by atoms with Gasteiger partial charge < -0.3 is 15.2 Å². The van der Waals surface area contributed by atoms with Gasteiger partial charge in [-0.1, -0.05) is 31.5 Å². The van der Waals surface area contributed by atoms with E-state index in [2.05, 4.69) is 5.32 Å². The van der Waals surface area contributed by atoms with Crippen molar-refractivity contribution in [3.05, 3.63) is 28.8 Å². The molecule has 0 aliphatic heterocycles. The van der Waals surface area contributed by atoms with Crippen LogP contribution in [0.2, 0.25) is 5.02 Å². The SMILES string of the molecule is COc1cc(Cl)ccc1CNC(=O)CC(O)C(C)C. The Kier molecular flexibility index (Phi) is 6.12. The predicted molar refractivity (Wildman–Crippen MR) is 75.3 cm³/mol. The van der Waals surface area contributed by atoms with Crippen LogP contribution in [0.1, 0.15) is 25.8 Å². The fraction of sp³-hybridized carbons (Fsp3) is 0.500. The molecule has 1 aromatic carbocycles. The number of amides is 1. The maximum atomic E-state index is 11.7. The van der Waals surface area contributed by atoms with E-state index in [1.54, 1.807) is 25.3 Å². The first-order chi connectivity index (χ1) is 8.93. The Morgan fingerprint density at radius 1 is 1.47 bits per heavy atom. The van der Waals surface area contributed by atoms with Crippen molar-refractivity contribution in [3.63, 3.8) is 0 Å². The lowest BCUT2D eigenvalue weighted by molar-refractivity contribution is -0.123. The van der Waals surface area contributed by atoms with Crippen molar-refractivity contribution in [2.75, 3.05) is 7.11 Å². The molecule has 0 radical (unpaired) electrons. The Labute approximate surface area is 118 Å². The molecular formula is C14H20ClNO3. The first-order valence-corrected chi connectivity index (χ1v) is 6.59. The van der Waals surface area contributed by atoms with E-state index in [1.807, 2.05) is 13.8 Å². The second-order valence-electron chi connectivity index (χ2n) is 4.75. The number of rotatable bonds is 6. The summed E-state index contributed by atoms with van der Waals surface area (Å²) in [6, 6.07) is 5.25. The number of methoxy groups -OCH3 is 1. The van der Waals surface area contributed by atoms with Crippen LogP contribution in [-0.4, -0.2) is 24.2 Å². The molecule has 1 aromatic rings. The zero-order chi connectivity index (χ0) is 14.4. The van der Waals surface area contributed by atoms with Gasteiger partial charge in [0.25, 0.3) is 0 Å². The van der Waals surface area contributed by atoms with E-state index in [4.69, 9.17) is 16.3 Å². The molecule has 0 saturated heterocycles. The van der Waals surface area contributed by atoms with Gasteiger partial charge in [-0.05, 0) is 18.1 Å². The van der Waals surface area contributed by atoms with Crippen LogP contribution in [0.5, 0.6) is 5.75 Å². The van der Waals surface area contributed by atoms with Crippen LogP contribution >= 0.6 is 11.6 Å². The molecule has 0 heterocycles. The second kappa shape index (κ2) is 7.36. The predicted octanol–water partition coefficient (Wildman–Crippen LogP) is 2.37. The quantitative estimate of drug-likeness (QED) is 0.844. The van der Waals surface area contributed by atoms with Crippen LogP contribution in [0.4, 0.5) is 0 Å². The summed E-state index contributed by atoms with van der Waals surface area (Å²) in [6.45, 7) is 4.10. The van der Waals surface area contributed by atoms with Gasteiger partial charge in [0.2, 0.25) is 5.91 Å². The molecule has 2 N–H and O–H groups in total. The fourth-order valence-electron chi connectivity index (χ4n) is 1.56. The lowest BCUT2D eigenvalue weighted by Gasteiger charge is -2.14. The van der Waals surface area contributed by atoms with Crippen LogP contribution in [0.3, 0.4) is 0 Å². The second-order valence-corrected chi connectivity index (χ2v) is 5.18. The first-order valence-electron chi connectivity index (χ1n) is 6.21. The Morgan fingerprint density at radius 2 is 2.16 bits per heavy atom. The molecule has 19 heavy (non-hydrogen) atoms. The molecule has 0 spiro atoms. The summed E-state index contributed by atoms with van der Waals surface area (Å²) in [7, 11) is 1.56. The highest BCUT2D eigenvalue weighted by Crippen LogP contribution is 2.22. The minimum Gasteiger partial charge on any atom is -0.496 e. The largest absolute Gasteiger partial charge is 0.496 e. The monoisotopic (exact) mass is 285 g/mol. The zero-order valence-corrected chi connectivity index (χ0v) is 12.2. The van der Waals surface area contributed by atoms with Gasteiger partial charge in [0, 0.05) is 17.1 Å². The Morgan fingerprint density at radius 3 is 2.74 bits per heavy atom. The molecule has 0 aliphatic carbocycles. The summed E-state index contributed by atoms with van der Waals surface area (Å²) < 4.78 is 5.19. The van der Waals surface area contributed by atoms with Crippen molar-refractivity contribution in [3.8, 4) is 5.75 Å². The zero-order valence-electron chi connectivity index (χ0n) is 11.4. The minimum absolute atomic E-state index is 0.0656. The van der Waals surface area contributed by atoms with E-state index in [-0.39, 0.29) is 18.2 Å². The molecule has 106 valence electrons. The summed E-state index contributed by atoms with van der Waals surface area (Å²) in [5.41, 5.74) is 0.847. The van der Waals surface area contributed by atoms with Crippen LogP contribution in [-0.2, 0) is 11.3 Å². The Bertz CT molecular complexity index is 435. The third-order valence-corrected chi connectivity index (χ3v) is 3.12. The van der Waals surface area contributed by atoms with Crippen molar-refractivity contribution < 1.29 is 14.6 Å². The molecule has 1 atom stereocenters. The summed E-state index contributed by atoms with van der Waals surface area (Å²) in [4.78, 5) is 11.7. The number of nitrogens with one attached hydrogen (secondary N) is 1. The number of aliphatic hydroxyl groups excluding tert-OH is 1. The number of hydrogen-bond acceptors (Lipinski definition) is 3. The lowest BCUT2D eigenvalue weighted by Crippen LogP contribution is -2.29. The fourth-order valence-corrected chi connectivity index (χ4v) is 1.72. The van der Waals surface area contributed by atoms with Gasteiger partial charge in [-0.2, -0.15) is 0 Å². The van der Waals surface area contributed by atoms with E-state index in [0.717, 1.165) is 5.56 Å². The van der Waals surface area contributed by atoms with Crippen LogP contribution in [0.15, 0.2) is 18.2 Å². The van der Waals surface area contributed by atoms with Crippen molar-refractivity contribution >= 4 is 17.5 Å². The summed E-state index contributed by atoms with van der Waals surface area (Å²) in [5, 5.41) is 13.0. The normalized spacial score (nSPS) is 12.3. The molecule has 4 nitrogen and oxygen atoms in total. The summed E-state index contributed by atoms with van der Waals surface area (Å²) >= 11 is 5.86. The Balaban J connectivity index is 2.55. The van der Waals surface area contributed by atoms with Crippen molar-refractivity contribution in [1.82, 2.24) is 5.32 Å². The molecular weight excluding hydrogens is 266 g/mol. The number of benzene rings is 1. The third kappa shape index (κ3) is 5.09. The maximum absolute atomic E-state index is 11.7. The van der Waals surface area contributed by atoms with E-state index in [1.165, 1.54) is 0 Å². The number of aliphatic hydroxyl groups is 1. The Hall–Kier alpha value is -1.26. The molecule has 0 aromatic heterocycles. The van der Waals surface area contributed by atoms with E-state index < -0.39 is 6.10 Å². The molecule has 0 aliphatic rings. The van der Waals surface area contributed by atoms with E-state index >= 15 is 0 Å². The third-order valence-electron chi connectivity index (χ3n) is 2.89. The average molecular weight is 286 g/mol. The van der Waals surface area contributed by atoms with E-state index in [0.29, 0.717) is 17.3 Å². The van der Waals surface area contributed by atoms with Gasteiger partial charge >= 0.3 is 0 Å². The highest BCUT2D eigenvalue weighted by atomic mass is 35.5. The van der Waals surface area contributed by atoms with Crippen molar-refractivity contribution in [2.45, 2.75) is 32.9 Å². The smallest absolute Gasteiger partial charge is 0.222 e. The molecule has 5 heteroatoms. The van der Waals surface area contributed by atoms with Crippen LogP contribution in [0.25, 0.3) is 0 Å². The molecule has 1 rings (SSSR count). The van der Waals surface area contributed by atoms with Gasteiger partial charge in [0.05, 0.1) is 19.6 Å². The minimum atomic E-state index is -0.618. The summed E-state index contributed by atoms with van der Waals surface area (Å²) in [6.07, 6.45) is -0.514. The topological polar surface area (TPSA) is 58.6 Å². The molecule has 0 fully saturated rings. The average Bonchev–Trinajstić information content (AvgIpc) is 2.36. The molecule has 1 amide bonds. The standard InChI is InChI=1S/C14H20ClNO3/c1-9(2)12(17)7-14(18)16-8-10-4-5-11(15)6-13(10)19-3/h4-6,9,12,17H,7-8H2,1-3H3,(H,16,18). The van der Waals surface area contributed by atoms with Crippen LogP contribution in [0, 0.1) is 5.92 Å². The number of carbonyl (C=O) groups is 1. The number of hydrogen-bond donors (Lipinski definition) is 2. The highest BCUT2D eigenvalue weighted by Gasteiger charge is 2.14. The highest BCUT2D eigenvalue weighted by molar-refractivity contribution is 6.30. The van der Waals surface area contributed by atoms with Crippen molar-refractivity contribution in [2.24, 2.45) is 5.92 Å². The number of ether oxygens (including phenoxy) is 1. The number of carbonyl (C=O) groups excluding carboxylic acids is 1. The maximum Gasteiger partial charge on any atom is 0.222 e. The van der Waals surface area contributed by atoms with Gasteiger partial charge in [-0.15, -0.1) is 0 Å². The lowest BCUT2D eigenvalue weighted by atomic mass is 10.0. The number of halogens is 1. The van der Waals surface area contributed by atoms with Gasteiger partial charge in [-0.3, -0.25) is 4.79 Å². The van der Waals surface area contributed by atoms with Gasteiger partial charge in [-0.25, -0.2) is 0 Å². The van der Waals surface area contributed by atoms with Gasteiger partial charge in [0.15, 0.2) is 0 Å². The molecule has 0 bridgehead atoms. The first kappa shape index (κ1) is 15.8. The molecule has 1 unspecified atom stereocenters.